The molecule has 3 aromatic rings. The number of nitriles is 1. The molecule has 1 aromatic carbocycles. The minimum Gasteiger partial charge on any atom is -0.496 e. The van der Waals surface area contributed by atoms with Gasteiger partial charge in [-0.3, -0.25) is 4.79 Å². The van der Waals surface area contributed by atoms with E-state index in [0.717, 1.165) is 0 Å². The number of rotatable bonds is 3. The first kappa shape index (κ1) is 13.7. The van der Waals surface area contributed by atoms with Gasteiger partial charge in [-0.05, 0) is 24.3 Å². The molecule has 0 bridgehead atoms. The number of hydrogen-bond donors (Lipinski definition) is 1. The Morgan fingerprint density at radius 2 is 1.95 bits per heavy atom. The number of aromatic nitrogens is 1. The maximum atomic E-state index is 12.9. The van der Waals surface area contributed by atoms with E-state index in [2.05, 4.69) is 6.07 Å². The van der Waals surface area contributed by atoms with Crippen LogP contribution in [0.4, 0.5) is 5.69 Å². The molecule has 0 aliphatic carbocycles. The molecule has 3 rings (SSSR count). The van der Waals surface area contributed by atoms with E-state index in [1.54, 1.807) is 53.1 Å². The quantitative estimate of drug-likeness (QED) is 0.752. The second-order valence-corrected chi connectivity index (χ2v) is 4.73. The summed E-state index contributed by atoms with van der Waals surface area (Å²) in [5.74, 6) is 0.189. The molecule has 5 nitrogen and oxygen atoms in total. The molecule has 2 aromatic heterocycles. The first-order valence-electron chi connectivity index (χ1n) is 6.65. The Balaban J connectivity index is 2.29. The largest absolute Gasteiger partial charge is 0.496 e. The minimum atomic E-state index is -0.280. The number of hydrogen-bond acceptors (Lipinski definition) is 4. The van der Waals surface area contributed by atoms with Crippen molar-refractivity contribution in [3.05, 3.63) is 65.5 Å². The normalized spacial score (nSPS) is 10.4. The molecular formula is C17H13N3O2. The first-order valence-corrected chi connectivity index (χ1v) is 6.65. The molecule has 2 N–H and O–H groups in total. The van der Waals surface area contributed by atoms with Gasteiger partial charge in [-0.1, -0.05) is 18.2 Å². The molecule has 5 heteroatoms. The first-order chi connectivity index (χ1) is 10.7. The van der Waals surface area contributed by atoms with Crippen molar-refractivity contribution >= 4 is 17.0 Å². The van der Waals surface area contributed by atoms with Crippen LogP contribution >= 0.6 is 0 Å². The maximum Gasteiger partial charge on any atom is 0.215 e. The molecule has 0 atom stereocenters. The highest BCUT2D eigenvalue weighted by Crippen LogP contribution is 2.29. The summed E-state index contributed by atoms with van der Waals surface area (Å²) in [5.41, 5.74) is 7.83. The van der Waals surface area contributed by atoms with Crippen LogP contribution < -0.4 is 10.5 Å². The highest BCUT2D eigenvalue weighted by Gasteiger charge is 2.24. The molecule has 0 aliphatic heterocycles. The van der Waals surface area contributed by atoms with Gasteiger partial charge < -0.3 is 14.9 Å². The van der Waals surface area contributed by atoms with Crippen molar-refractivity contribution in [1.29, 1.82) is 5.26 Å². The summed E-state index contributed by atoms with van der Waals surface area (Å²) >= 11 is 0. The number of nitrogens with zero attached hydrogens (tertiary/aromatic N) is 2. The fourth-order valence-electron chi connectivity index (χ4n) is 2.54. The highest BCUT2D eigenvalue weighted by molar-refractivity contribution is 6.14. The van der Waals surface area contributed by atoms with Crippen molar-refractivity contribution in [2.75, 3.05) is 12.8 Å². The number of carbonyl (C=O) groups is 1. The van der Waals surface area contributed by atoms with Crippen LogP contribution in [0.5, 0.6) is 5.75 Å². The van der Waals surface area contributed by atoms with Gasteiger partial charge in [0, 0.05) is 6.20 Å². The van der Waals surface area contributed by atoms with Crippen LogP contribution in [0, 0.1) is 11.3 Å². The lowest BCUT2D eigenvalue weighted by atomic mass is 10.1. The summed E-state index contributed by atoms with van der Waals surface area (Å²) in [6, 6.07) is 14.3. The molecule has 0 saturated carbocycles. The zero-order valence-corrected chi connectivity index (χ0v) is 11.9. The molecule has 0 saturated heterocycles. The zero-order chi connectivity index (χ0) is 15.7. The van der Waals surface area contributed by atoms with Crippen molar-refractivity contribution in [1.82, 2.24) is 4.40 Å². The second kappa shape index (κ2) is 5.26. The number of ether oxygens (including phenoxy) is 1. The number of methoxy groups -OCH3 is 1. The van der Waals surface area contributed by atoms with Crippen LogP contribution in [0.25, 0.3) is 5.52 Å². The lowest BCUT2D eigenvalue weighted by Gasteiger charge is -2.08. The summed E-state index contributed by atoms with van der Waals surface area (Å²) in [7, 11) is 1.51. The van der Waals surface area contributed by atoms with Crippen LogP contribution in [0.2, 0.25) is 0 Å². The third-order valence-electron chi connectivity index (χ3n) is 3.56. The zero-order valence-electron chi connectivity index (χ0n) is 11.9. The van der Waals surface area contributed by atoms with Crippen molar-refractivity contribution in [3.8, 4) is 11.8 Å². The van der Waals surface area contributed by atoms with Gasteiger partial charge in [-0.2, -0.15) is 5.26 Å². The molecular weight excluding hydrogens is 278 g/mol. The summed E-state index contributed by atoms with van der Waals surface area (Å²) in [6.45, 7) is 0. The summed E-state index contributed by atoms with van der Waals surface area (Å²) in [6.07, 6.45) is 1.72. The average Bonchev–Trinajstić information content (AvgIpc) is 2.85. The lowest BCUT2D eigenvalue weighted by Crippen LogP contribution is -2.09. The minimum absolute atomic E-state index is 0.185. The number of carbonyl (C=O) groups excluding carboxylic acids is 1. The molecule has 0 fully saturated rings. The van der Waals surface area contributed by atoms with Gasteiger partial charge in [0.25, 0.3) is 0 Å². The van der Waals surface area contributed by atoms with Crippen molar-refractivity contribution in [3.63, 3.8) is 0 Å². The molecule has 2 heterocycles. The summed E-state index contributed by atoms with van der Waals surface area (Å²) < 4.78 is 6.88. The van der Waals surface area contributed by atoms with Crippen LogP contribution in [0.1, 0.15) is 21.6 Å². The molecule has 22 heavy (non-hydrogen) atoms. The number of nitrogens with two attached hydrogens (primary N) is 1. The maximum absolute atomic E-state index is 12.9. The molecule has 0 amide bonds. The van der Waals surface area contributed by atoms with E-state index in [-0.39, 0.29) is 17.2 Å². The number of ketones is 1. The predicted octanol–water partition coefficient (Wildman–Crippen LogP) is 2.63. The third kappa shape index (κ3) is 1.90. The molecule has 0 radical (unpaired) electrons. The fraction of sp³-hybridized carbons (Fsp3) is 0.0588. The number of pyridine rings is 1. The average molecular weight is 291 g/mol. The van der Waals surface area contributed by atoms with Crippen LogP contribution in [0.3, 0.4) is 0 Å². The number of nitrogen functional groups attached to an aromatic ring is 1. The smallest absolute Gasteiger partial charge is 0.215 e. The molecule has 0 spiro atoms. The number of fused-ring (bicyclic) bond motifs is 1. The van der Waals surface area contributed by atoms with Gasteiger partial charge >= 0.3 is 0 Å². The Labute approximate surface area is 127 Å². The highest BCUT2D eigenvalue weighted by atomic mass is 16.5. The Morgan fingerprint density at radius 1 is 1.23 bits per heavy atom. The van der Waals surface area contributed by atoms with Gasteiger partial charge in [0.2, 0.25) is 5.78 Å². The van der Waals surface area contributed by atoms with Gasteiger partial charge in [-0.15, -0.1) is 0 Å². The van der Waals surface area contributed by atoms with E-state index in [1.807, 2.05) is 0 Å². The molecule has 0 unspecified atom stereocenters. The predicted molar refractivity (Wildman–Crippen MR) is 83.0 cm³/mol. The molecule has 108 valence electrons. The topological polar surface area (TPSA) is 80.5 Å². The second-order valence-electron chi connectivity index (χ2n) is 4.73. The van der Waals surface area contributed by atoms with Crippen LogP contribution in [-0.2, 0) is 0 Å². The summed E-state index contributed by atoms with van der Waals surface area (Å²) in [4.78, 5) is 12.9. The van der Waals surface area contributed by atoms with Crippen LogP contribution in [-0.4, -0.2) is 17.3 Å². The Kier molecular flexibility index (Phi) is 3.28. The van der Waals surface area contributed by atoms with E-state index in [9.17, 15) is 10.1 Å². The number of benzene rings is 1. The third-order valence-corrected chi connectivity index (χ3v) is 3.56. The van der Waals surface area contributed by atoms with Gasteiger partial charge in [-0.25, -0.2) is 0 Å². The van der Waals surface area contributed by atoms with E-state index < -0.39 is 0 Å². The SMILES string of the molecule is COc1ccccc1C(=O)c1c(N)c(C#N)c2ccccn12. The number of para-hydroxylation sites is 1. The van der Waals surface area contributed by atoms with Gasteiger partial charge in [0.1, 0.15) is 23.1 Å². The Morgan fingerprint density at radius 3 is 2.68 bits per heavy atom. The van der Waals surface area contributed by atoms with Crippen molar-refractivity contribution < 1.29 is 9.53 Å². The van der Waals surface area contributed by atoms with E-state index in [4.69, 9.17) is 10.5 Å². The van der Waals surface area contributed by atoms with Crippen LogP contribution in [0.15, 0.2) is 48.7 Å². The monoisotopic (exact) mass is 291 g/mol. The van der Waals surface area contributed by atoms with E-state index in [0.29, 0.717) is 22.4 Å². The Bertz CT molecular complexity index is 919. The Hall–Kier alpha value is -3.26. The lowest BCUT2D eigenvalue weighted by molar-refractivity contribution is 0.103. The number of anilines is 1. The van der Waals surface area contributed by atoms with Gasteiger partial charge in [0.05, 0.1) is 23.9 Å². The standard InChI is InChI=1S/C17H13N3O2/c1-22-14-8-3-2-6-11(14)17(21)16-15(19)12(10-18)13-7-4-5-9-20(13)16/h2-9H,19H2,1H3. The fourth-order valence-corrected chi connectivity index (χ4v) is 2.54. The van der Waals surface area contributed by atoms with Crippen molar-refractivity contribution in [2.45, 2.75) is 0 Å². The van der Waals surface area contributed by atoms with E-state index in [1.165, 1.54) is 7.11 Å². The molecule has 0 aliphatic rings. The van der Waals surface area contributed by atoms with Crippen molar-refractivity contribution in [2.24, 2.45) is 0 Å². The summed E-state index contributed by atoms with van der Waals surface area (Å²) in [5, 5.41) is 9.30. The van der Waals surface area contributed by atoms with E-state index >= 15 is 0 Å². The van der Waals surface area contributed by atoms with Gasteiger partial charge in [0.15, 0.2) is 0 Å².